The maximum atomic E-state index is 13.1. The number of amides is 4. The second-order valence-electron chi connectivity index (χ2n) is 6.22. The summed E-state index contributed by atoms with van der Waals surface area (Å²) in [4.78, 5) is 38.8. The van der Waals surface area contributed by atoms with Crippen LogP contribution in [0.1, 0.15) is 5.56 Å². The van der Waals surface area contributed by atoms with E-state index in [4.69, 9.17) is 18.9 Å². The molecular weight excluding hydrogens is 460 g/mol. The number of anilines is 1. The highest BCUT2D eigenvalue weighted by Gasteiger charge is 2.37. The van der Waals surface area contributed by atoms with Crippen molar-refractivity contribution in [3.8, 4) is 23.0 Å². The molecule has 2 aromatic rings. The lowest BCUT2D eigenvalue weighted by molar-refractivity contribution is -0.122. The predicted octanol–water partition coefficient (Wildman–Crippen LogP) is 2.86. The molecular formula is C20H15BrN2O7. The van der Waals surface area contributed by atoms with Gasteiger partial charge in [0.2, 0.25) is 6.79 Å². The van der Waals surface area contributed by atoms with Gasteiger partial charge in [0.15, 0.2) is 11.5 Å². The Balaban J connectivity index is 1.75. The van der Waals surface area contributed by atoms with Crippen molar-refractivity contribution in [3.05, 3.63) is 45.9 Å². The number of rotatable bonds is 4. The summed E-state index contributed by atoms with van der Waals surface area (Å²) >= 11 is 3.37. The number of nitrogens with one attached hydrogen (secondary N) is 1. The van der Waals surface area contributed by atoms with Crippen molar-refractivity contribution in [3.63, 3.8) is 0 Å². The molecule has 1 saturated heterocycles. The molecule has 9 nitrogen and oxygen atoms in total. The van der Waals surface area contributed by atoms with Gasteiger partial charge in [-0.3, -0.25) is 14.9 Å². The van der Waals surface area contributed by atoms with Gasteiger partial charge in [-0.15, -0.1) is 0 Å². The van der Waals surface area contributed by atoms with Gasteiger partial charge < -0.3 is 18.9 Å². The summed E-state index contributed by atoms with van der Waals surface area (Å²) < 4.78 is 21.7. The quantitative estimate of drug-likeness (QED) is 0.536. The van der Waals surface area contributed by atoms with Crippen molar-refractivity contribution < 1.29 is 33.3 Å². The number of nitrogens with zero attached hydrogens (tertiary/aromatic N) is 1. The molecule has 1 N–H and O–H groups in total. The molecule has 0 radical (unpaired) electrons. The molecule has 4 rings (SSSR count). The molecule has 0 bridgehead atoms. The lowest BCUT2D eigenvalue weighted by Gasteiger charge is -2.26. The molecule has 154 valence electrons. The maximum absolute atomic E-state index is 13.1. The zero-order valence-electron chi connectivity index (χ0n) is 15.9. The Morgan fingerprint density at radius 2 is 1.77 bits per heavy atom. The molecule has 0 saturated carbocycles. The molecule has 30 heavy (non-hydrogen) atoms. The topological polar surface area (TPSA) is 103 Å². The largest absolute Gasteiger partial charge is 0.496 e. The third-order valence-corrected chi connectivity index (χ3v) is 5.14. The average Bonchev–Trinajstić information content (AvgIpc) is 3.19. The number of halogens is 1. The highest BCUT2D eigenvalue weighted by molar-refractivity contribution is 9.10. The Hall–Kier alpha value is -3.53. The maximum Gasteiger partial charge on any atom is 0.335 e. The third-order valence-electron chi connectivity index (χ3n) is 4.52. The summed E-state index contributed by atoms with van der Waals surface area (Å²) in [5, 5.41) is 2.18. The number of carbonyl (C=O) groups excluding carboxylic acids is 3. The first-order valence-corrected chi connectivity index (χ1v) is 9.45. The second kappa shape index (κ2) is 7.71. The number of fused-ring (bicyclic) bond motifs is 1. The molecule has 0 unspecified atom stereocenters. The Morgan fingerprint density at radius 3 is 2.50 bits per heavy atom. The molecule has 2 aromatic carbocycles. The van der Waals surface area contributed by atoms with Crippen LogP contribution in [-0.2, 0) is 9.59 Å². The highest BCUT2D eigenvalue weighted by Crippen LogP contribution is 2.37. The van der Waals surface area contributed by atoms with E-state index in [9.17, 15) is 14.4 Å². The molecule has 2 aliphatic rings. The van der Waals surface area contributed by atoms with E-state index in [-0.39, 0.29) is 18.1 Å². The van der Waals surface area contributed by atoms with Crippen LogP contribution in [0.2, 0.25) is 0 Å². The van der Waals surface area contributed by atoms with Gasteiger partial charge in [0, 0.05) is 17.7 Å². The minimum absolute atomic E-state index is 0.0503. The van der Waals surface area contributed by atoms with E-state index in [1.807, 2.05) is 0 Å². The number of barbiturate groups is 1. The van der Waals surface area contributed by atoms with Crippen LogP contribution in [0, 0.1) is 0 Å². The van der Waals surface area contributed by atoms with Gasteiger partial charge in [0.25, 0.3) is 11.8 Å². The monoisotopic (exact) mass is 474 g/mol. The van der Waals surface area contributed by atoms with E-state index in [2.05, 4.69) is 21.2 Å². The fraction of sp³-hybridized carbons (Fsp3) is 0.150. The smallest absolute Gasteiger partial charge is 0.335 e. The van der Waals surface area contributed by atoms with Gasteiger partial charge in [-0.25, -0.2) is 9.69 Å². The number of methoxy groups -OCH3 is 2. The minimum Gasteiger partial charge on any atom is -0.496 e. The van der Waals surface area contributed by atoms with E-state index in [1.54, 1.807) is 18.2 Å². The molecule has 4 amide bonds. The number of imide groups is 2. The summed E-state index contributed by atoms with van der Waals surface area (Å²) in [6, 6.07) is 7.01. The molecule has 1 fully saturated rings. The van der Waals surface area contributed by atoms with Crippen LogP contribution >= 0.6 is 15.9 Å². The van der Waals surface area contributed by atoms with Crippen LogP contribution in [0.15, 0.2) is 40.4 Å². The zero-order chi connectivity index (χ0) is 21.4. The predicted molar refractivity (Wildman–Crippen MR) is 109 cm³/mol. The fourth-order valence-electron chi connectivity index (χ4n) is 3.07. The Morgan fingerprint density at radius 1 is 1.03 bits per heavy atom. The number of ether oxygens (including phenoxy) is 4. The molecule has 0 spiro atoms. The Labute approximate surface area is 179 Å². The Kier molecular flexibility index (Phi) is 5.08. The van der Waals surface area contributed by atoms with E-state index in [1.165, 1.54) is 32.4 Å². The first-order valence-electron chi connectivity index (χ1n) is 8.65. The van der Waals surface area contributed by atoms with E-state index in [0.717, 1.165) is 4.90 Å². The van der Waals surface area contributed by atoms with Crippen LogP contribution in [0.25, 0.3) is 6.08 Å². The van der Waals surface area contributed by atoms with Gasteiger partial charge >= 0.3 is 6.03 Å². The molecule has 0 atom stereocenters. The fourth-order valence-corrected chi connectivity index (χ4v) is 3.59. The highest BCUT2D eigenvalue weighted by atomic mass is 79.9. The Bertz CT molecular complexity index is 1110. The molecule has 2 aliphatic heterocycles. The van der Waals surface area contributed by atoms with Gasteiger partial charge in [0.05, 0.1) is 24.4 Å². The normalized spacial score (nSPS) is 16.7. The zero-order valence-corrected chi connectivity index (χ0v) is 17.4. The van der Waals surface area contributed by atoms with E-state index < -0.39 is 17.8 Å². The lowest BCUT2D eigenvalue weighted by Crippen LogP contribution is -2.54. The third kappa shape index (κ3) is 3.35. The van der Waals surface area contributed by atoms with Gasteiger partial charge in [-0.1, -0.05) is 0 Å². The van der Waals surface area contributed by atoms with Crippen molar-refractivity contribution in [2.24, 2.45) is 0 Å². The summed E-state index contributed by atoms with van der Waals surface area (Å²) in [6.45, 7) is 0.0503. The average molecular weight is 475 g/mol. The molecule has 2 heterocycles. The van der Waals surface area contributed by atoms with Crippen molar-refractivity contribution >= 4 is 45.5 Å². The number of benzene rings is 2. The number of hydrogen-bond acceptors (Lipinski definition) is 7. The molecule has 0 aromatic heterocycles. The lowest BCUT2D eigenvalue weighted by atomic mass is 10.1. The minimum atomic E-state index is -0.858. The second-order valence-corrected chi connectivity index (χ2v) is 7.08. The SMILES string of the molecule is COc1cc(OC)c(/C=C2\C(=O)NC(=O)N(c3ccc4c(c3)OCO4)C2=O)cc1Br. The first kappa shape index (κ1) is 19.8. The van der Waals surface area contributed by atoms with Crippen molar-refractivity contribution in [1.82, 2.24) is 5.32 Å². The van der Waals surface area contributed by atoms with Gasteiger partial charge in [-0.2, -0.15) is 0 Å². The van der Waals surface area contributed by atoms with Crippen molar-refractivity contribution in [2.45, 2.75) is 0 Å². The van der Waals surface area contributed by atoms with E-state index in [0.29, 0.717) is 33.0 Å². The summed E-state index contributed by atoms with van der Waals surface area (Å²) in [6.07, 6.45) is 1.35. The van der Waals surface area contributed by atoms with E-state index >= 15 is 0 Å². The van der Waals surface area contributed by atoms with Crippen LogP contribution in [0.3, 0.4) is 0 Å². The summed E-state index contributed by atoms with van der Waals surface area (Å²) in [5.41, 5.74) is 0.453. The first-order chi connectivity index (χ1) is 14.4. The van der Waals surface area contributed by atoms with Crippen LogP contribution in [0.4, 0.5) is 10.5 Å². The summed E-state index contributed by atoms with van der Waals surface area (Å²) in [5.74, 6) is 0.215. The van der Waals surface area contributed by atoms with Gasteiger partial charge in [-0.05, 0) is 40.2 Å². The summed E-state index contributed by atoms with van der Waals surface area (Å²) in [7, 11) is 2.96. The van der Waals surface area contributed by atoms with Crippen LogP contribution < -0.4 is 29.2 Å². The number of carbonyl (C=O) groups is 3. The standard InChI is InChI=1S/C20H15BrN2O7/c1-27-15-8-16(28-2)13(21)6-10(15)5-12-18(24)22-20(26)23(19(12)25)11-3-4-14-17(7-11)30-9-29-14/h3-8H,9H2,1-2H3,(H,22,24,26)/b12-5+. The number of urea groups is 1. The molecule has 0 aliphatic carbocycles. The number of hydrogen-bond donors (Lipinski definition) is 1. The van der Waals surface area contributed by atoms with Crippen molar-refractivity contribution in [2.75, 3.05) is 25.9 Å². The van der Waals surface area contributed by atoms with Crippen LogP contribution in [-0.4, -0.2) is 38.9 Å². The van der Waals surface area contributed by atoms with Crippen molar-refractivity contribution in [1.29, 1.82) is 0 Å². The van der Waals surface area contributed by atoms with Crippen LogP contribution in [0.5, 0.6) is 23.0 Å². The molecule has 10 heteroatoms. The van der Waals surface area contributed by atoms with Gasteiger partial charge in [0.1, 0.15) is 17.1 Å².